The number of hydrogen-bond donors (Lipinski definition) is 2. The predicted octanol–water partition coefficient (Wildman–Crippen LogP) is 3.69. The van der Waals surface area contributed by atoms with E-state index in [0.717, 1.165) is 11.1 Å². The molecule has 0 aliphatic carbocycles. The number of nitro benzene ring substituents is 1. The Bertz CT molecular complexity index is 958. The van der Waals surface area contributed by atoms with E-state index in [-0.39, 0.29) is 24.2 Å². The zero-order valence-corrected chi connectivity index (χ0v) is 14.5. The Hall–Kier alpha value is -3.51. The average Bonchev–Trinajstić information content (AvgIpc) is 2.72. The summed E-state index contributed by atoms with van der Waals surface area (Å²) in [4.78, 5) is 23.2. The quantitative estimate of drug-likeness (QED) is 0.517. The van der Waals surface area contributed by atoms with Crippen LogP contribution in [-0.4, -0.2) is 17.4 Å². The van der Waals surface area contributed by atoms with E-state index in [1.165, 1.54) is 12.1 Å². The number of carbonyl (C=O) groups excluding carboxylic acids is 1. The van der Waals surface area contributed by atoms with Crippen LogP contribution in [0.2, 0.25) is 0 Å². The van der Waals surface area contributed by atoms with E-state index < -0.39 is 4.92 Å². The van der Waals surface area contributed by atoms with E-state index in [0.29, 0.717) is 11.1 Å². The molecule has 0 spiro atoms. The van der Waals surface area contributed by atoms with Crippen molar-refractivity contribution in [3.8, 4) is 11.1 Å². The van der Waals surface area contributed by atoms with Crippen LogP contribution in [0.4, 0.5) is 5.69 Å². The standard InChI is InChI=1S/C21H19N3O3/c22-14-20(15-6-2-1-3-7-15)23-21(25)18-10-4-8-16(12-18)17-9-5-11-19(13-17)24(26)27/h1-13,20H,14,22H2,(H,23,25)/t20-/m0/s1. The largest absolute Gasteiger partial charge is 0.344 e. The van der Waals surface area contributed by atoms with Gasteiger partial charge in [0.1, 0.15) is 0 Å². The number of hydrogen-bond acceptors (Lipinski definition) is 4. The highest BCUT2D eigenvalue weighted by molar-refractivity contribution is 5.95. The van der Waals surface area contributed by atoms with E-state index in [9.17, 15) is 14.9 Å². The first-order valence-electron chi connectivity index (χ1n) is 8.49. The summed E-state index contributed by atoms with van der Waals surface area (Å²) < 4.78 is 0. The number of nitrogens with two attached hydrogens (primary N) is 1. The van der Waals surface area contributed by atoms with Gasteiger partial charge in [-0.25, -0.2) is 0 Å². The number of nitrogens with one attached hydrogen (secondary N) is 1. The second-order valence-electron chi connectivity index (χ2n) is 6.06. The van der Waals surface area contributed by atoms with E-state index in [4.69, 9.17) is 5.73 Å². The molecule has 0 fully saturated rings. The number of carbonyl (C=O) groups is 1. The first-order chi connectivity index (χ1) is 13.1. The highest BCUT2D eigenvalue weighted by Crippen LogP contribution is 2.25. The minimum absolute atomic E-state index is 0.00891. The van der Waals surface area contributed by atoms with Gasteiger partial charge in [-0.1, -0.05) is 54.6 Å². The first kappa shape index (κ1) is 18.3. The normalized spacial score (nSPS) is 11.6. The third-order valence-corrected chi connectivity index (χ3v) is 4.26. The molecule has 6 heteroatoms. The lowest BCUT2D eigenvalue weighted by molar-refractivity contribution is -0.384. The molecule has 1 atom stereocenters. The molecule has 0 heterocycles. The molecule has 0 bridgehead atoms. The van der Waals surface area contributed by atoms with Crippen LogP contribution in [0.15, 0.2) is 78.9 Å². The Labute approximate surface area is 156 Å². The van der Waals surface area contributed by atoms with Crippen molar-refractivity contribution in [1.82, 2.24) is 5.32 Å². The summed E-state index contributed by atoms with van der Waals surface area (Å²) in [5, 5.41) is 13.9. The minimum Gasteiger partial charge on any atom is -0.344 e. The van der Waals surface area contributed by atoms with Crippen molar-refractivity contribution >= 4 is 11.6 Å². The molecule has 6 nitrogen and oxygen atoms in total. The number of nitro groups is 1. The Balaban J connectivity index is 1.83. The molecule has 3 aromatic rings. The topological polar surface area (TPSA) is 98.3 Å². The van der Waals surface area contributed by atoms with Crippen LogP contribution >= 0.6 is 0 Å². The maximum absolute atomic E-state index is 12.7. The Morgan fingerprint density at radius 2 is 1.63 bits per heavy atom. The molecule has 0 unspecified atom stereocenters. The van der Waals surface area contributed by atoms with Crippen molar-refractivity contribution in [2.24, 2.45) is 5.73 Å². The Morgan fingerprint density at radius 3 is 2.30 bits per heavy atom. The Morgan fingerprint density at radius 1 is 0.963 bits per heavy atom. The SMILES string of the molecule is NC[C@H](NC(=O)c1cccc(-c2cccc([N+](=O)[O-])c2)c1)c1ccccc1. The molecule has 0 radical (unpaired) electrons. The summed E-state index contributed by atoms with van der Waals surface area (Å²) in [6, 6.07) is 22.5. The number of nitrogens with zero attached hydrogens (tertiary/aromatic N) is 1. The van der Waals surface area contributed by atoms with Crippen molar-refractivity contribution in [1.29, 1.82) is 0 Å². The lowest BCUT2D eigenvalue weighted by atomic mass is 10.0. The highest BCUT2D eigenvalue weighted by atomic mass is 16.6. The predicted molar refractivity (Wildman–Crippen MR) is 104 cm³/mol. The second kappa shape index (κ2) is 8.25. The molecule has 3 aromatic carbocycles. The van der Waals surface area contributed by atoms with E-state index in [2.05, 4.69) is 5.32 Å². The summed E-state index contributed by atoms with van der Waals surface area (Å²) in [6.45, 7) is 0.278. The van der Waals surface area contributed by atoms with Crippen LogP contribution in [0.1, 0.15) is 22.0 Å². The monoisotopic (exact) mass is 361 g/mol. The van der Waals surface area contributed by atoms with Crippen LogP contribution in [0.5, 0.6) is 0 Å². The van der Waals surface area contributed by atoms with Crippen molar-refractivity contribution in [3.63, 3.8) is 0 Å². The molecular formula is C21H19N3O3. The first-order valence-corrected chi connectivity index (χ1v) is 8.49. The zero-order chi connectivity index (χ0) is 19.2. The molecule has 3 rings (SSSR count). The zero-order valence-electron chi connectivity index (χ0n) is 14.5. The maximum Gasteiger partial charge on any atom is 0.270 e. The van der Waals surface area contributed by atoms with Crippen LogP contribution < -0.4 is 11.1 Å². The fourth-order valence-electron chi connectivity index (χ4n) is 2.84. The molecule has 0 saturated heterocycles. The van der Waals surface area contributed by atoms with Gasteiger partial charge in [0.05, 0.1) is 11.0 Å². The van der Waals surface area contributed by atoms with Crippen molar-refractivity contribution in [2.45, 2.75) is 6.04 Å². The fourth-order valence-corrected chi connectivity index (χ4v) is 2.84. The third kappa shape index (κ3) is 4.37. The van der Waals surface area contributed by atoms with Crippen LogP contribution in [0.3, 0.4) is 0 Å². The smallest absolute Gasteiger partial charge is 0.270 e. The van der Waals surface area contributed by atoms with Gasteiger partial charge in [0.25, 0.3) is 11.6 Å². The lowest BCUT2D eigenvalue weighted by Gasteiger charge is -2.17. The molecule has 3 N–H and O–H groups in total. The molecule has 0 aromatic heterocycles. The van der Waals surface area contributed by atoms with Crippen LogP contribution in [0, 0.1) is 10.1 Å². The van der Waals surface area contributed by atoms with Crippen molar-refractivity contribution in [3.05, 3.63) is 100 Å². The van der Waals surface area contributed by atoms with Crippen molar-refractivity contribution < 1.29 is 9.72 Å². The summed E-state index contributed by atoms with van der Waals surface area (Å²) >= 11 is 0. The fraction of sp³-hybridized carbons (Fsp3) is 0.0952. The molecule has 0 aliphatic rings. The molecule has 0 saturated carbocycles. The summed E-state index contributed by atoms with van der Waals surface area (Å²) in [6.07, 6.45) is 0. The van der Waals surface area contributed by atoms with E-state index in [1.54, 1.807) is 30.3 Å². The van der Waals surface area contributed by atoms with Gasteiger partial charge in [-0.3, -0.25) is 14.9 Å². The third-order valence-electron chi connectivity index (χ3n) is 4.26. The highest BCUT2D eigenvalue weighted by Gasteiger charge is 2.15. The van der Waals surface area contributed by atoms with E-state index in [1.807, 2.05) is 36.4 Å². The van der Waals surface area contributed by atoms with Gasteiger partial charge in [-0.05, 0) is 28.8 Å². The number of rotatable bonds is 6. The molecule has 1 amide bonds. The lowest BCUT2D eigenvalue weighted by Crippen LogP contribution is -2.33. The summed E-state index contributed by atoms with van der Waals surface area (Å²) in [7, 11) is 0. The van der Waals surface area contributed by atoms with Gasteiger partial charge in [-0.15, -0.1) is 0 Å². The average molecular weight is 361 g/mol. The van der Waals surface area contributed by atoms with Gasteiger partial charge in [0, 0.05) is 24.2 Å². The molecule has 27 heavy (non-hydrogen) atoms. The van der Waals surface area contributed by atoms with Gasteiger partial charge < -0.3 is 11.1 Å². The van der Waals surface area contributed by atoms with Crippen LogP contribution in [0.25, 0.3) is 11.1 Å². The van der Waals surface area contributed by atoms with Gasteiger partial charge >= 0.3 is 0 Å². The number of benzene rings is 3. The van der Waals surface area contributed by atoms with Crippen molar-refractivity contribution in [2.75, 3.05) is 6.54 Å². The Kier molecular flexibility index (Phi) is 5.58. The second-order valence-corrected chi connectivity index (χ2v) is 6.06. The summed E-state index contributed by atoms with van der Waals surface area (Å²) in [5.41, 5.74) is 8.64. The summed E-state index contributed by atoms with van der Waals surface area (Å²) in [5.74, 6) is -0.249. The van der Waals surface area contributed by atoms with Gasteiger partial charge in [-0.2, -0.15) is 0 Å². The van der Waals surface area contributed by atoms with Gasteiger partial charge in [0.2, 0.25) is 0 Å². The minimum atomic E-state index is -0.439. The van der Waals surface area contributed by atoms with Crippen LogP contribution in [-0.2, 0) is 0 Å². The molecule has 136 valence electrons. The van der Waals surface area contributed by atoms with E-state index >= 15 is 0 Å². The molecule has 0 aliphatic heterocycles. The maximum atomic E-state index is 12.7. The number of amides is 1. The molecular weight excluding hydrogens is 342 g/mol. The number of non-ortho nitro benzene ring substituents is 1. The van der Waals surface area contributed by atoms with Gasteiger partial charge in [0.15, 0.2) is 0 Å².